The fraction of sp³-hybridized carbons (Fsp3) is 0.278. The van der Waals surface area contributed by atoms with E-state index in [0.717, 1.165) is 4.90 Å². The number of ether oxygens (including phenoxy) is 2. The molecule has 14 nitrogen and oxygen atoms in total. The lowest BCUT2D eigenvalue weighted by Crippen LogP contribution is -2.33. The Morgan fingerprint density at radius 2 is 1.84 bits per heavy atom. The van der Waals surface area contributed by atoms with Gasteiger partial charge in [0.05, 0.1) is 41.3 Å². The predicted molar refractivity (Wildman–Crippen MR) is 194 cm³/mol. The van der Waals surface area contributed by atoms with Gasteiger partial charge in [-0.3, -0.25) is 14.0 Å². The van der Waals surface area contributed by atoms with Gasteiger partial charge in [-0.2, -0.15) is 5.10 Å². The summed E-state index contributed by atoms with van der Waals surface area (Å²) in [4.78, 5) is 45.4. The summed E-state index contributed by atoms with van der Waals surface area (Å²) in [7, 11) is -3.43. The van der Waals surface area contributed by atoms with Gasteiger partial charge in [0.15, 0.2) is 11.6 Å². The Hall–Kier alpha value is -5.95. The van der Waals surface area contributed by atoms with Crippen molar-refractivity contribution < 1.29 is 49.8 Å². The van der Waals surface area contributed by atoms with Crippen LogP contribution in [0, 0.1) is 12.7 Å². The van der Waals surface area contributed by atoms with Gasteiger partial charge in [-0.15, -0.1) is 0 Å². The van der Waals surface area contributed by atoms with Crippen LogP contribution in [-0.2, 0) is 14.8 Å². The van der Waals surface area contributed by atoms with E-state index in [0.29, 0.717) is 47.3 Å². The molecule has 0 aliphatic carbocycles. The molecule has 0 bridgehead atoms. The molecule has 55 heavy (non-hydrogen) atoms. The number of aryl methyl sites for hydroxylation is 1. The number of imide groups is 1. The number of nitrogens with zero attached hydrogens (tertiary/aromatic N) is 4. The molecule has 2 fully saturated rings. The Balaban J connectivity index is 0.000000581. The van der Waals surface area contributed by atoms with Crippen LogP contribution in [0.2, 0.25) is 0 Å². The van der Waals surface area contributed by atoms with E-state index in [1.54, 1.807) is 37.3 Å². The van der Waals surface area contributed by atoms with Crippen LogP contribution in [0.4, 0.5) is 33.9 Å². The van der Waals surface area contributed by atoms with Crippen molar-refractivity contribution >= 4 is 50.2 Å². The van der Waals surface area contributed by atoms with Gasteiger partial charge in [-0.25, -0.2) is 41.1 Å². The van der Waals surface area contributed by atoms with Crippen LogP contribution >= 0.6 is 0 Å². The predicted octanol–water partition coefficient (Wildman–Crippen LogP) is 5.62. The van der Waals surface area contributed by atoms with Crippen molar-refractivity contribution in [3.8, 4) is 22.9 Å². The molecule has 2 saturated heterocycles. The average molecular weight is 786 g/mol. The first kappa shape index (κ1) is 38.8. The highest BCUT2D eigenvalue weighted by atomic mass is 32.2. The zero-order chi connectivity index (χ0) is 39.6. The molecule has 5 aromatic rings. The van der Waals surface area contributed by atoms with Gasteiger partial charge in [-0.1, -0.05) is 12.1 Å². The van der Waals surface area contributed by atoms with E-state index in [9.17, 15) is 40.4 Å². The van der Waals surface area contributed by atoms with E-state index in [1.165, 1.54) is 46.1 Å². The minimum absolute atomic E-state index is 0.00116. The fourth-order valence-electron chi connectivity index (χ4n) is 6.27. The number of hydrogen-bond acceptors (Lipinski definition) is 9. The number of rotatable bonds is 12. The number of anilines is 2. The second-order valence-corrected chi connectivity index (χ2v) is 14.4. The van der Waals surface area contributed by atoms with Crippen molar-refractivity contribution in [1.29, 1.82) is 0 Å². The molecule has 0 saturated carbocycles. The molecule has 2 aliphatic rings. The van der Waals surface area contributed by atoms with Crippen molar-refractivity contribution in [3.05, 3.63) is 89.5 Å². The largest absolute Gasteiger partial charge is 0.485 e. The summed E-state index contributed by atoms with van der Waals surface area (Å²) < 4.78 is 83.9. The third kappa shape index (κ3) is 8.26. The zero-order valence-electron chi connectivity index (χ0n) is 29.2. The molecule has 1 atom stereocenters. The van der Waals surface area contributed by atoms with Crippen molar-refractivity contribution in [2.75, 3.05) is 36.2 Å². The Morgan fingerprint density at radius 3 is 2.49 bits per heavy atom. The molecule has 7 rings (SSSR count). The van der Waals surface area contributed by atoms with Gasteiger partial charge in [-0.05, 0) is 80.3 Å². The second kappa shape index (κ2) is 15.8. The summed E-state index contributed by atoms with van der Waals surface area (Å²) in [6, 6.07) is 14.2. The highest BCUT2D eigenvalue weighted by molar-refractivity contribution is 7.89. The number of H-pyrrole nitrogens is 1. The molecule has 19 heteroatoms. The Bertz CT molecular complexity index is 2360. The smallest absolute Gasteiger partial charge is 0.332 e. The quantitative estimate of drug-likeness (QED) is 0.0818. The number of fused-ring (bicyclic) bond motifs is 2. The van der Waals surface area contributed by atoms with E-state index in [1.807, 2.05) is 0 Å². The standard InChI is InChI=1S/C33H27F3N6O5.C3H8FNO2S/c1-17-11-19(47-27-7-3-2-5-21(27)34)8-9-24(17)42-31(37)20(15-38-42)30(43)23-12-18-13-28(46-16-29(35)36)26(14-22(18)39-23)41-32(44)25-6-4-10-40(25)33(41)45;4-2-1-3-8(5,6)7/h2-3,5,7-9,11-15,25,29,39H,4,6,10,16,37H2,1H3;1-3H2,(H2,5,6,7)/t25-;/m0./s1. The van der Waals surface area contributed by atoms with Gasteiger partial charge >= 0.3 is 6.03 Å². The number of sulfonamides is 1. The number of benzene rings is 3. The number of nitrogens with two attached hydrogens (primary N) is 2. The number of amides is 3. The van der Waals surface area contributed by atoms with Crippen molar-refractivity contribution in [1.82, 2.24) is 19.7 Å². The number of hydrogen-bond donors (Lipinski definition) is 3. The van der Waals surface area contributed by atoms with E-state index in [4.69, 9.17) is 15.2 Å². The lowest BCUT2D eigenvalue weighted by molar-refractivity contribution is -0.119. The molecule has 4 heterocycles. The highest BCUT2D eigenvalue weighted by Crippen LogP contribution is 2.40. The number of nitrogens with one attached hydrogen (secondary N) is 1. The molecule has 0 spiro atoms. The number of halogens is 4. The van der Waals surface area contributed by atoms with Gasteiger partial charge in [0.25, 0.3) is 12.3 Å². The van der Waals surface area contributed by atoms with Crippen LogP contribution in [0.25, 0.3) is 16.6 Å². The Morgan fingerprint density at radius 1 is 1.07 bits per heavy atom. The summed E-state index contributed by atoms with van der Waals surface area (Å²) in [6.07, 6.45) is -0.269. The SMILES string of the molecule is Cc1cc(Oc2ccccc2F)ccc1-n1ncc(C(=O)c2cc3cc(OCC(F)F)c(N4C(=O)[C@@H]5CCCN5C4=O)cc3[nH]2)c1N.NS(=O)(=O)CCCF. The van der Waals surface area contributed by atoms with Crippen LogP contribution in [0.1, 0.15) is 40.9 Å². The summed E-state index contributed by atoms with van der Waals surface area (Å²) in [6.45, 7) is 0.623. The zero-order valence-corrected chi connectivity index (χ0v) is 30.0. The molecule has 5 N–H and O–H groups in total. The monoisotopic (exact) mass is 785 g/mol. The third-order valence-electron chi connectivity index (χ3n) is 8.82. The molecule has 3 aromatic carbocycles. The molecule has 0 unspecified atom stereocenters. The topological polar surface area (TPSA) is 196 Å². The molecular weight excluding hydrogens is 750 g/mol. The van der Waals surface area contributed by atoms with Gasteiger partial charge < -0.3 is 25.1 Å². The number of carbonyl (C=O) groups excluding carboxylic acids is 3. The molecule has 2 aliphatic heterocycles. The molecular formula is C36H35F4N7O7S. The lowest BCUT2D eigenvalue weighted by Gasteiger charge is -2.19. The fourth-order valence-corrected chi connectivity index (χ4v) is 6.78. The van der Waals surface area contributed by atoms with E-state index < -0.39 is 59.3 Å². The van der Waals surface area contributed by atoms with Crippen LogP contribution in [-0.4, -0.2) is 83.9 Å². The number of urea groups is 1. The Kier molecular flexibility index (Phi) is 11.1. The number of aromatic amines is 1. The minimum Gasteiger partial charge on any atom is -0.485 e. The number of primary sulfonamides is 1. The highest BCUT2D eigenvalue weighted by Gasteiger charge is 2.49. The Labute approximate surface area is 311 Å². The maximum atomic E-state index is 14.1. The molecule has 0 radical (unpaired) electrons. The number of alkyl halides is 3. The first-order valence-corrected chi connectivity index (χ1v) is 18.6. The summed E-state index contributed by atoms with van der Waals surface area (Å²) in [5.74, 6) is -1.31. The first-order valence-electron chi connectivity index (χ1n) is 16.9. The van der Waals surface area contributed by atoms with Crippen LogP contribution in [0.3, 0.4) is 0 Å². The van der Waals surface area contributed by atoms with Gasteiger partial charge in [0.1, 0.15) is 30.0 Å². The molecule has 3 amide bonds. The maximum Gasteiger partial charge on any atom is 0.332 e. The molecule has 290 valence electrons. The van der Waals surface area contributed by atoms with Crippen LogP contribution < -0.4 is 25.2 Å². The van der Waals surface area contributed by atoms with Crippen LogP contribution in [0.5, 0.6) is 17.2 Å². The normalized spacial score (nSPS) is 15.4. The van der Waals surface area contributed by atoms with Crippen molar-refractivity contribution in [2.24, 2.45) is 5.14 Å². The number of para-hydroxylation sites is 1. The third-order valence-corrected chi connectivity index (χ3v) is 9.68. The van der Waals surface area contributed by atoms with E-state index >= 15 is 0 Å². The minimum atomic E-state index is -3.43. The molecule has 2 aromatic heterocycles. The first-order chi connectivity index (χ1) is 26.2. The lowest BCUT2D eigenvalue weighted by atomic mass is 10.1. The summed E-state index contributed by atoms with van der Waals surface area (Å²) >= 11 is 0. The number of nitrogen functional groups attached to an aromatic ring is 1. The number of aromatic nitrogens is 3. The number of ketones is 1. The van der Waals surface area contributed by atoms with Crippen LogP contribution in [0.15, 0.2) is 66.9 Å². The van der Waals surface area contributed by atoms with Crippen molar-refractivity contribution in [2.45, 2.75) is 38.7 Å². The average Bonchev–Trinajstić information content (AvgIpc) is 3.92. The second-order valence-electron chi connectivity index (χ2n) is 12.7. The van der Waals surface area contributed by atoms with Gasteiger partial charge in [0, 0.05) is 17.4 Å². The maximum absolute atomic E-state index is 14.1. The van der Waals surface area contributed by atoms with E-state index in [2.05, 4.69) is 15.2 Å². The summed E-state index contributed by atoms with van der Waals surface area (Å²) in [5, 5.41) is 9.27. The van der Waals surface area contributed by atoms with Gasteiger partial charge in [0.2, 0.25) is 15.8 Å². The van der Waals surface area contributed by atoms with Crippen molar-refractivity contribution in [3.63, 3.8) is 0 Å². The van der Waals surface area contributed by atoms with E-state index in [-0.39, 0.29) is 46.4 Å². The number of carbonyl (C=O) groups is 3. The summed E-state index contributed by atoms with van der Waals surface area (Å²) in [5.41, 5.74) is 8.22.